The molecule has 0 spiro atoms. The molecular weight excluding hydrogens is 374 g/mol. The van der Waals surface area contributed by atoms with Crippen LogP contribution in [-0.2, 0) is 11.3 Å². The maximum Gasteiger partial charge on any atom is 0.249 e. The molecule has 4 rings (SSSR count). The van der Waals surface area contributed by atoms with Gasteiger partial charge in [-0.2, -0.15) is 5.10 Å². The van der Waals surface area contributed by atoms with Gasteiger partial charge in [0.1, 0.15) is 0 Å². The van der Waals surface area contributed by atoms with E-state index in [1.54, 1.807) is 16.9 Å². The molecule has 1 amide bonds. The van der Waals surface area contributed by atoms with Crippen molar-refractivity contribution in [2.45, 2.75) is 20.4 Å². The molecule has 0 radical (unpaired) electrons. The minimum atomic E-state index is -0.220. The number of rotatable bonds is 6. The maximum absolute atomic E-state index is 12.4. The first-order valence-corrected chi connectivity index (χ1v) is 9.77. The summed E-state index contributed by atoms with van der Waals surface area (Å²) in [5, 5.41) is 7.19. The fourth-order valence-electron chi connectivity index (χ4n) is 3.44. The third-order valence-corrected chi connectivity index (χ3v) is 4.84. The van der Waals surface area contributed by atoms with E-state index in [0.717, 1.165) is 28.3 Å². The van der Waals surface area contributed by atoms with Crippen molar-refractivity contribution >= 4 is 17.8 Å². The molecule has 30 heavy (non-hydrogen) atoms. The Kier molecular flexibility index (Phi) is 5.57. The summed E-state index contributed by atoms with van der Waals surface area (Å²) < 4.78 is 3.92. The zero-order valence-electron chi connectivity index (χ0n) is 17.0. The molecule has 0 atom stereocenters. The highest BCUT2D eigenvalue weighted by atomic mass is 16.1. The SMILES string of the molecule is Cc1cc(/C=C/C(=O)Nc2ccn(Cc3ccccn3)n2)c(C)n1-c1ccccc1. The van der Waals surface area contributed by atoms with Gasteiger partial charge >= 0.3 is 0 Å². The molecule has 150 valence electrons. The molecule has 0 saturated heterocycles. The lowest BCUT2D eigenvalue weighted by Gasteiger charge is -2.09. The molecule has 6 nitrogen and oxygen atoms in total. The Labute approximate surface area is 175 Å². The number of carbonyl (C=O) groups excluding carboxylic acids is 1. The van der Waals surface area contributed by atoms with Crippen molar-refractivity contribution < 1.29 is 4.79 Å². The number of pyridine rings is 1. The van der Waals surface area contributed by atoms with Crippen molar-refractivity contribution in [3.63, 3.8) is 0 Å². The highest BCUT2D eigenvalue weighted by Crippen LogP contribution is 2.21. The number of amides is 1. The number of carbonyl (C=O) groups is 1. The Morgan fingerprint density at radius 1 is 1.07 bits per heavy atom. The van der Waals surface area contributed by atoms with Crippen molar-refractivity contribution in [2.24, 2.45) is 0 Å². The van der Waals surface area contributed by atoms with Gasteiger partial charge in [-0.25, -0.2) is 0 Å². The first kappa shape index (κ1) is 19.4. The zero-order valence-corrected chi connectivity index (χ0v) is 17.0. The molecule has 0 saturated carbocycles. The normalized spacial score (nSPS) is 11.1. The molecule has 0 aliphatic heterocycles. The van der Waals surface area contributed by atoms with Gasteiger partial charge in [0, 0.05) is 41.6 Å². The van der Waals surface area contributed by atoms with Crippen LogP contribution in [-0.4, -0.2) is 25.2 Å². The predicted octanol–water partition coefficient (Wildman–Crippen LogP) is 4.39. The summed E-state index contributed by atoms with van der Waals surface area (Å²) in [6, 6.07) is 19.8. The second kappa shape index (κ2) is 8.61. The largest absolute Gasteiger partial charge is 0.318 e. The van der Waals surface area contributed by atoms with Crippen molar-refractivity contribution in [2.75, 3.05) is 5.32 Å². The monoisotopic (exact) mass is 397 g/mol. The van der Waals surface area contributed by atoms with E-state index >= 15 is 0 Å². The Balaban J connectivity index is 1.42. The number of para-hydroxylation sites is 1. The summed E-state index contributed by atoms with van der Waals surface area (Å²) >= 11 is 0. The van der Waals surface area contributed by atoms with Crippen molar-refractivity contribution in [3.05, 3.63) is 102 Å². The van der Waals surface area contributed by atoms with Gasteiger partial charge in [-0.1, -0.05) is 24.3 Å². The molecule has 0 unspecified atom stereocenters. The second-order valence-electron chi connectivity index (χ2n) is 7.04. The molecule has 4 aromatic rings. The molecular formula is C24H23N5O. The number of anilines is 1. The van der Waals surface area contributed by atoms with E-state index < -0.39 is 0 Å². The Morgan fingerprint density at radius 3 is 2.63 bits per heavy atom. The Bertz CT molecular complexity index is 1170. The van der Waals surface area contributed by atoms with Crippen molar-refractivity contribution in [1.29, 1.82) is 0 Å². The number of aromatic nitrogens is 4. The van der Waals surface area contributed by atoms with E-state index in [4.69, 9.17) is 0 Å². The molecule has 0 fully saturated rings. The molecule has 6 heteroatoms. The van der Waals surface area contributed by atoms with Gasteiger partial charge < -0.3 is 9.88 Å². The number of nitrogens with zero attached hydrogens (tertiary/aromatic N) is 4. The van der Waals surface area contributed by atoms with E-state index in [9.17, 15) is 4.79 Å². The van der Waals surface area contributed by atoms with Crippen LogP contribution in [0.2, 0.25) is 0 Å². The van der Waals surface area contributed by atoms with Crippen LogP contribution in [0.25, 0.3) is 11.8 Å². The van der Waals surface area contributed by atoms with Crippen LogP contribution in [0.4, 0.5) is 5.82 Å². The van der Waals surface area contributed by atoms with Gasteiger partial charge in [-0.15, -0.1) is 0 Å². The van der Waals surface area contributed by atoms with Gasteiger partial charge in [-0.05, 0) is 55.8 Å². The zero-order chi connectivity index (χ0) is 20.9. The lowest BCUT2D eigenvalue weighted by molar-refractivity contribution is -0.111. The summed E-state index contributed by atoms with van der Waals surface area (Å²) in [5.74, 6) is 0.290. The average Bonchev–Trinajstić information content (AvgIpc) is 3.30. The van der Waals surface area contributed by atoms with Crippen LogP contribution in [0.15, 0.2) is 79.1 Å². The van der Waals surface area contributed by atoms with Crippen molar-refractivity contribution in [3.8, 4) is 5.69 Å². The number of hydrogen-bond donors (Lipinski definition) is 1. The van der Waals surface area contributed by atoms with E-state index in [1.807, 2.05) is 48.7 Å². The number of aryl methyl sites for hydroxylation is 1. The summed E-state index contributed by atoms with van der Waals surface area (Å²) in [6.45, 7) is 4.67. The third-order valence-electron chi connectivity index (χ3n) is 4.84. The summed E-state index contributed by atoms with van der Waals surface area (Å²) in [6.07, 6.45) is 6.94. The van der Waals surface area contributed by atoms with E-state index in [-0.39, 0.29) is 5.91 Å². The molecule has 0 aliphatic carbocycles. The highest BCUT2D eigenvalue weighted by Gasteiger charge is 2.09. The van der Waals surface area contributed by atoms with Gasteiger partial charge in [0.15, 0.2) is 5.82 Å². The summed E-state index contributed by atoms with van der Waals surface area (Å²) in [7, 11) is 0. The van der Waals surface area contributed by atoms with Crippen LogP contribution in [0.3, 0.4) is 0 Å². The lowest BCUT2D eigenvalue weighted by Crippen LogP contribution is -2.09. The average molecular weight is 397 g/mol. The molecule has 0 aliphatic rings. The van der Waals surface area contributed by atoms with Crippen LogP contribution in [0, 0.1) is 13.8 Å². The number of benzene rings is 1. The van der Waals surface area contributed by atoms with Crippen LogP contribution < -0.4 is 5.32 Å². The molecule has 3 aromatic heterocycles. The smallest absolute Gasteiger partial charge is 0.249 e. The number of hydrogen-bond acceptors (Lipinski definition) is 3. The first-order chi connectivity index (χ1) is 14.6. The first-order valence-electron chi connectivity index (χ1n) is 9.77. The molecule has 1 aromatic carbocycles. The van der Waals surface area contributed by atoms with E-state index in [2.05, 4.69) is 52.0 Å². The van der Waals surface area contributed by atoms with Crippen molar-refractivity contribution in [1.82, 2.24) is 19.3 Å². The third kappa shape index (κ3) is 4.38. The van der Waals surface area contributed by atoms with Crippen LogP contribution in [0.1, 0.15) is 22.6 Å². The number of nitrogens with one attached hydrogen (secondary N) is 1. The standard InChI is InChI=1S/C24H23N5O/c1-18-16-20(19(2)29(18)22-9-4-3-5-10-22)11-12-24(30)26-23-13-15-28(27-23)17-21-8-6-7-14-25-21/h3-16H,17H2,1-2H3,(H,26,27,30)/b12-11+. The van der Waals surface area contributed by atoms with Crippen LogP contribution in [0.5, 0.6) is 0 Å². The maximum atomic E-state index is 12.4. The summed E-state index contributed by atoms with van der Waals surface area (Å²) in [4.78, 5) is 16.6. The minimum absolute atomic E-state index is 0.220. The Morgan fingerprint density at radius 2 is 1.87 bits per heavy atom. The van der Waals surface area contributed by atoms with Gasteiger partial charge in [-0.3, -0.25) is 14.5 Å². The minimum Gasteiger partial charge on any atom is -0.318 e. The quantitative estimate of drug-likeness (QED) is 0.491. The highest BCUT2D eigenvalue weighted by molar-refractivity contribution is 6.01. The van der Waals surface area contributed by atoms with Crippen LogP contribution >= 0.6 is 0 Å². The van der Waals surface area contributed by atoms with Gasteiger partial charge in [0.25, 0.3) is 0 Å². The molecule has 1 N–H and O–H groups in total. The van der Waals surface area contributed by atoms with Gasteiger partial charge in [0.05, 0.1) is 12.2 Å². The van der Waals surface area contributed by atoms with E-state index in [0.29, 0.717) is 12.4 Å². The topological polar surface area (TPSA) is 64.7 Å². The lowest BCUT2D eigenvalue weighted by atomic mass is 10.2. The Hall–Kier alpha value is -3.93. The fraction of sp³-hybridized carbons (Fsp3) is 0.125. The predicted molar refractivity (Wildman–Crippen MR) is 118 cm³/mol. The second-order valence-corrected chi connectivity index (χ2v) is 7.04. The summed E-state index contributed by atoms with van der Waals surface area (Å²) in [5.41, 5.74) is 5.23. The van der Waals surface area contributed by atoms with Gasteiger partial charge in [0.2, 0.25) is 5.91 Å². The molecule has 0 bridgehead atoms. The fourth-order valence-corrected chi connectivity index (χ4v) is 3.44. The van der Waals surface area contributed by atoms with E-state index in [1.165, 1.54) is 6.08 Å². The molecule has 3 heterocycles.